The van der Waals surface area contributed by atoms with Crippen molar-refractivity contribution in [3.63, 3.8) is 0 Å². The molecule has 0 fully saturated rings. The molecule has 5 nitrogen and oxygen atoms in total. The van der Waals surface area contributed by atoms with Gasteiger partial charge in [0.1, 0.15) is 24.5 Å². The molecule has 1 aliphatic heterocycles. The molecule has 1 N–H and O–H groups in total. The molecule has 0 aliphatic carbocycles. The van der Waals surface area contributed by atoms with Crippen molar-refractivity contribution < 1.29 is 36.3 Å². The van der Waals surface area contributed by atoms with Gasteiger partial charge in [0, 0.05) is 6.42 Å². The summed E-state index contributed by atoms with van der Waals surface area (Å²) in [6.07, 6.45) is 0.314. The van der Waals surface area contributed by atoms with Crippen molar-refractivity contribution in [1.29, 1.82) is 0 Å². The van der Waals surface area contributed by atoms with Crippen molar-refractivity contribution in [2.75, 3.05) is 14.2 Å². The quantitative estimate of drug-likeness (QED) is 0.711. The SMILES string of the molecule is COc1c2c([n+](C)c3c(OC)cccc13)OC(C(C)(C)O)C2.[Cl-]. The Bertz CT molecular complexity index is 740. The van der Waals surface area contributed by atoms with Gasteiger partial charge in [-0.3, -0.25) is 0 Å². The Kier molecular flexibility index (Phi) is 4.64. The number of para-hydroxylation sites is 1. The third kappa shape index (κ3) is 2.68. The highest BCUT2D eigenvalue weighted by molar-refractivity contribution is 5.89. The lowest BCUT2D eigenvalue weighted by atomic mass is 9.96. The Morgan fingerprint density at radius 2 is 1.96 bits per heavy atom. The van der Waals surface area contributed by atoms with Crippen LogP contribution < -0.4 is 31.2 Å². The van der Waals surface area contributed by atoms with Crippen LogP contribution in [0.5, 0.6) is 17.4 Å². The lowest BCUT2D eigenvalue weighted by molar-refractivity contribution is -0.651. The summed E-state index contributed by atoms with van der Waals surface area (Å²) in [6, 6.07) is 5.87. The van der Waals surface area contributed by atoms with Gasteiger partial charge in [0.15, 0.2) is 5.75 Å². The van der Waals surface area contributed by atoms with Crippen LogP contribution in [-0.2, 0) is 13.5 Å². The first-order chi connectivity index (χ1) is 10.4. The number of fused-ring (bicyclic) bond motifs is 2. The zero-order valence-electron chi connectivity index (χ0n) is 14.0. The fourth-order valence-corrected chi connectivity index (χ4v) is 3.10. The molecule has 0 saturated carbocycles. The van der Waals surface area contributed by atoms with Crippen molar-refractivity contribution >= 4 is 10.9 Å². The number of aliphatic hydroxyl groups is 1. The van der Waals surface area contributed by atoms with Crippen molar-refractivity contribution in [3.8, 4) is 17.4 Å². The van der Waals surface area contributed by atoms with Gasteiger partial charge in [0.2, 0.25) is 0 Å². The highest BCUT2D eigenvalue weighted by Gasteiger charge is 2.42. The van der Waals surface area contributed by atoms with E-state index in [0.717, 1.165) is 33.8 Å². The van der Waals surface area contributed by atoms with E-state index in [9.17, 15) is 5.11 Å². The number of rotatable bonds is 3. The summed E-state index contributed by atoms with van der Waals surface area (Å²) in [6.45, 7) is 3.52. The fourth-order valence-electron chi connectivity index (χ4n) is 3.10. The van der Waals surface area contributed by atoms with Crippen molar-refractivity contribution in [2.24, 2.45) is 7.05 Å². The molecule has 126 valence electrons. The van der Waals surface area contributed by atoms with Crippen LogP contribution in [0.25, 0.3) is 10.9 Å². The Balaban J connectivity index is 0.00000192. The predicted molar refractivity (Wildman–Crippen MR) is 82.6 cm³/mol. The maximum atomic E-state index is 10.3. The molecule has 3 rings (SSSR count). The van der Waals surface area contributed by atoms with Crippen molar-refractivity contribution in [2.45, 2.75) is 32.0 Å². The van der Waals surface area contributed by atoms with Crippen LogP contribution >= 0.6 is 0 Å². The normalized spacial score (nSPS) is 16.5. The van der Waals surface area contributed by atoms with E-state index in [-0.39, 0.29) is 18.5 Å². The Hall–Kier alpha value is -1.72. The number of hydrogen-bond donors (Lipinski definition) is 1. The van der Waals surface area contributed by atoms with E-state index in [4.69, 9.17) is 14.2 Å². The van der Waals surface area contributed by atoms with E-state index in [2.05, 4.69) is 0 Å². The number of ether oxygens (including phenoxy) is 3. The second kappa shape index (κ2) is 6.06. The molecular weight excluding hydrogens is 318 g/mol. The van der Waals surface area contributed by atoms with Gasteiger partial charge < -0.3 is 31.7 Å². The van der Waals surface area contributed by atoms with E-state index < -0.39 is 5.60 Å². The van der Waals surface area contributed by atoms with Crippen LogP contribution in [0.1, 0.15) is 19.4 Å². The summed E-state index contributed by atoms with van der Waals surface area (Å²) in [5, 5.41) is 11.3. The summed E-state index contributed by atoms with van der Waals surface area (Å²) in [7, 11) is 5.25. The van der Waals surface area contributed by atoms with E-state index in [1.54, 1.807) is 28.1 Å². The van der Waals surface area contributed by atoms with Gasteiger partial charge in [0.05, 0.1) is 25.2 Å². The average molecular weight is 340 g/mol. The zero-order valence-corrected chi connectivity index (χ0v) is 14.8. The molecule has 1 unspecified atom stereocenters. The zero-order chi connectivity index (χ0) is 16.1. The monoisotopic (exact) mass is 339 g/mol. The summed E-state index contributed by atoms with van der Waals surface area (Å²) in [4.78, 5) is 0. The van der Waals surface area contributed by atoms with Gasteiger partial charge in [-0.15, -0.1) is 0 Å². The molecule has 2 aromatic rings. The molecule has 0 radical (unpaired) electrons. The number of hydrogen-bond acceptors (Lipinski definition) is 4. The minimum absolute atomic E-state index is 0. The smallest absolute Gasteiger partial charge is 0.375 e. The molecule has 1 atom stereocenters. The van der Waals surface area contributed by atoms with E-state index in [0.29, 0.717) is 6.42 Å². The van der Waals surface area contributed by atoms with Crippen molar-refractivity contribution in [1.82, 2.24) is 0 Å². The van der Waals surface area contributed by atoms with Crippen LogP contribution in [0.3, 0.4) is 0 Å². The van der Waals surface area contributed by atoms with E-state index >= 15 is 0 Å². The molecule has 0 saturated heterocycles. The van der Waals surface area contributed by atoms with Crippen LogP contribution in [0.4, 0.5) is 0 Å². The maximum Gasteiger partial charge on any atom is 0.375 e. The number of nitrogens with zero attached hydrogens (tertiary/aromatic N) is 1. The molecule has 1 aromatic heterocycles. The topological polar surface area (TPSA) is 51.8 Å². The molecule has 0 spiro atoms. The molecule has 0 bridgehead atoms. The number of aryl methyl sites for hydroxylation is 1. The molecule has 23 heavy (non-hydrogen) atoms. The van der Waals surface area contributed by atoms with Crippen LogP contribution in [-0.4, -0.2) is 31.0 Å². The lowest BCUT2D eigenvalue weighted by Crippen LogP contribution is -3.00. The molecule has 2 heterocycles. The summed E-state index contributed by atoms with van der Waals surface area (Å²) in [5.74, 6) is 2.27. The summed E-state index contributed by atoms with van der Waals surface area (Å²) in [5.41, 5.74) is 0.975. The summed E-state index contributed by atoms with van der Waals surface area (Å²) < 4.78 is 19.1. The first kappa shape index (κ1) is 17.6. The van der Waals surface area contributed by atoms with Gasteiger partial charge in [-0.1, -0.05) is 6.07 Å². The first-order valence-corrected chi connectivity index (χ1v) is 7.33. The molecule has 6 heteroatoms. The highest BCUT2D eigenvalue weighted by atomic mass is 35.5. The number of benzene rings is 1. The van der Waals surface area contributed by atoms with Crippen LogP contribution in [0.2, 0.25) is 0 Å². The highest BCUT2D eigenvalue weighted by Crippen LogP contribution is 2.42. The second-order valence-corrected chi connectivity index (χ2v) is 6.20. The predicted octanol–water partition coefficient (Wildman–Crippen LogP) is -1.24. The van der Waals surface area contributed by atoms with Gasteiger partial charge in [0.25, 0.3) is 5.52 Å². The summed E-state index contributed by atoms with van der Waals surface area (Å²) >= 11 is 0. The number of pyridine rings is 1. The molecular formula is C17H22ClNO4. The molecule has 0 amide bonds. The third-order valence-corrected chi connectivity index (χ3v) is 4.27. The lowest BCUT2D eigenvalue weighted by Gasteiger charge is -2.23. The van der Waals surface area contributed by atoms with E-state index in [1.165, 1.54) is 0 Å². The van der Waals surface area contributed by atoms with Crippen molar-refractivity contribution in [3.05, 3.63) is 23.8 Å². The van der Waals surface area contributed by atoms with E-state index in [1.807, 2.05) is 29.8 Å². The fraction of sp³-hybridized carbons (Fsp3) is 0.471. The standard InChI is InChI=1S/C17H22NO4.ClH/c1-17(2,19)13-9-11-15(21-5)10-7-6-8-12(20-4)14(10)18(3)16(11)22-13;/h6-8,13,19H,9H2,1-5H3;1H/q+1;/p-1. The van der Waals surface area contributed by atoms with Gasteiger partial charge in [-0.2, -0.15) is 4.57 Å². The van der Waals surface area contributed by atoms with Gasteiger partial charge in [-0.05, 0) is 26.0 Å². The largest absolute Gasteiger partial charge is 1.00 e. The Morgan fingerprint density at radius 3 is 2.52 bits per heavy atom. The van der Waals surface area contributed by atoms with Crippen LogP contribution in [0.15, 0.2) is 18.2 Å². The Labute approximate surface area is 142 Å². The second-order valence-electron chi connectivity index (χ2n) is 6.20. The average Bonchev–Trinajstić information content (AvgIpc) is 2.92. The molecule has 1 aliphatic rings. The third-order valence-electron chi connectivity index (χ3n) is 4.27. The number of aromatic nitrogens is 1. The van der Waals surface area contributed by atoms with Crippen LogP contribution in [0, 0.1) is 0 Å². The minimum atomic E-state index is -0.923. The maximum absolute atomic E-state index is 10.3. The first-order valence-electron chi connectivity index (χ1n) is 7.33. The molecule has 1 aromatic carbocycles. The number of halogens is 1. The Morgan fingerprint density at radius 1 is 1.26 bits per heavy atom. The number of methoxy groups -OCH3 is 2. The minimum Gasteiger partial charge on any atom is -1.00 e. The van der Waals surface area contributed by atoms with Gasteiger partial charge in [-0.25, -0.2) is 0 Å². The van der Waals surface area contributed by atoms with Gasteiger partial charge >= 0.3 is 5.88 Å².